The van der Waals surface area contributed by atoms with Gasteiger partial charge in [-0.1, -0.05) is 19.9 Å². The van der Waals surface area contributed by atoms with E-state index in [0.717, 1.165) is 31.2 Å². The Labute approximate surface area is 111 Å². The molecule has 18 heavy (non-hydrogen) atoms. The molecule has 5 heteroatoms. The summed E-state index contributed by atoms with van der Waals surface area (Å²) in [6.45, 7) is 6.43. The molecule has 3 heterocycles. The van der Waals surface area contributed by atoms with Gasteiger partial charge >= 0.3 is 0 Å². The first-order valence-electron chi connectivity index (χ1n) is 6.43. The normalized spacial score (nSPS) is 19.2. The van der Waals surface area contributed by atoms with Crippen molar-refractivity contribution in [3.63, 3.8) is 0 Å². The second-order valence-electron chi connectivity index (χ2n) is 5.06. The Morgan fingerprint density at radius 1 is 1.50 bits per heavy atom. The summed E-state index contributed by atoms with van der Waals surface area (Å²) in [5.41, 5.74) is 0. The van der Waals surface area contributed by atoms with Crippen LogP contribution in [0.4, 0.5) is 0 Å². The van der Waals surface area contributed by atoms with Crippen molar-refractivity contribution in [2.24, 2.45) is 5.92 Å². The number of thiophene rings is 1. The number of hydrogen-bond acceptors (Lipinski definition) is 4. The first-order valence-corrected chi connectivity index (χ1v) is 7.31. The fourth-order valence-electron chi connectivity index (χ4n) is 2.48. The maximum atomic E-state index is 4.40. The van der Waals surface area contributed by atoms with Crippen LogP contribution in [0.25, 0.3) is 0 Å². The monoisotopic (exact) mass is 262 g/mol. The highest BCUT2D eigenvalue weighted by molar-refractivity contribution is 7.09. The molecule has 1 atom stereocenters. The van der Waals surface area contributed by atoms with Crippen LogP contribution in [0.3, 0.4) is 0 Å². The maximum absolute atomic E-state index is 4.40. The molecule has 0 amide bonds. The Bertz CT molecular complexity index is 515. The van der Waals surface area contributed by atoms with Gasteiger partial charge in [0.15, 0.2) is 5.82 Å². The number of nitrogens with zero attached hydrogens (tertiary/aromatic N) is 3. The SMILES string of the molecule is CC(C)C1NCCn2c(Cc3cccs3)nnc21. The highest BCUT2D eigenvalue weighted by Crippen LogP contribution is 2.24. The van der Waals surface area contributed by atoms with E-state index in [2.05, 4.69) is 51.4 Å². The average Bonchev–Trinajstić information content (AvgIpc) is 2.99. The van der Waals surface area contributed by atoms with Gasteiger partial charge in [-0.2, -0.15) is 0 Å². The molecule has 0 saturated carbocycles. The lowest BCUT2D eigenvalue weighted by Gasteiger charge is -2.27. The second kappa shape index (κ2) is 4.82. The van der Waals surface area contributed by atoms with Crippen molar-refractivity contribution in [3.05, 3.63) is 34.0 Å². The van der Waals surface area contributed by atoms with Crippen LogP contribution in [0.5, 0.6) is 0 Å². The number of rotatable bonds is 3. The molecule has 0 aromatic carbocycles. The summed E-state index contributed by atoms with van der Waals surface area (Å²) in [4.78, 5) is 1.35. The van der Waals surface area contributed by atoms with Crippen LogP contribution in [0, 0.1) is 5.92 Å². The van der Waals surface area contributed by atoms with Crippen LogP contribution in [-0.2, 0) is 13.0 Å². The molecule has 1 N–H and O–H groups in total. The Hall–Kier alpha value is -1.20. The molecule has 0 bridgehead atoms. The minimum absolute atomic E-state index is 0.336. The van der Waals surface area contributed by atoms with E-state index < -0.39 is 0 Å². The van der Waals surface area contributed by atoms with Crippen LogP contribution in [0.1, 0.15) is 36.4 Å². The highest BCUT2D eigenvalue weighted by Gasteiger charge is 2.26. The fourth-order valence-corrected chi connectivity index (χ4v) is 3.18. The van der Waals surface area contributed by atoms with Gasteiger partial charge in [0.25, 0.3) is 0 Å². The molecule has 96 valence electrons. The van der Waals surface area contributed by atoms with Gasteiger partial charge in [0.1, 0.15) is 5.82 Å². The third-order valence-corrected chi connectivity index (χ3v) is 4.29. The first-order chi connectivity index (χ1) is 8.75. The van der Waals surface area contributed by atoms with E-state index in [1.165, 1.54) is 4.88 Å². The lowest BCUT2D eigenvalue weighted by atomic mass is 10.0. The van der Waals surface area contributed by atoms with Crippen LogP contribution >= 0.6 is 11.3 Å². The fraction of sp³-hybridized carbons (Fsp3) is 0.538. The summed E-state index contributed by atoms with van der Waals surface area (Å²) < 4.78 is 2.29. The zero-order chi connectivity index (χ0) is 12.5. The number of nitrogens with one attached hydrogen (secondary N) is 1. The van der Waals surface area contributed by atoms with E-state index in [9.17, 15) is 0 Å². The van der Waals surface area contributed by atoms with Gasteiger partial charge in [0.2, 0.25) is 0 Å². The summed E-state index contributed by atoms with van der Waals surface area (Å²) in [5.74, 6) is 2.74. The van der Waals surface area contributed by atoms with Crippen LogP contribution in [0.15, 0.2) is 17.5 Å². The van der Waals surface area contributed by atoms with E-state index in [0.29, 0.717) is 12.0 Å². The van der Waals surface area contributed by atoms with Crippen LogP contribution < -0.4 is 5.32 Å². The van der Waals surface area contributed by atoms with Crippen molar-refractivity contribution in [1.29, 1.82) is 0 Å². The second-order valence-corrected chi connectivity index (χ2v) is 6.09. The standard InChI is InChI=1S/C13H18N4S/c1-9(2)12-13-16-15-11(17(13)6-5-14-12)8-10-4-3-7-18-10/h3-4,7,9,12,14H,5-6,8H2,1-2H3. The zero-order valence-electron chi connectivity index (χ0n) is 10.8. The number of aromatic nitrogens is 3. The van der Waals surface area contributed by atoms with Crippen molar-refractivity contribution in [2.75, 3.05) is 6.54 Å². The van der Waals surface area contributed by atoms with E-state index in [1.807, 2.05) is 0 Å². The van der Waals surface area contributed by atoms with Gasteiger partial charge in [-0.3, -0.25) is 0 Å². The third-order valence-electron chi connectivity index (χ3n) is 3.41. The van der Waals surface area contributed by atoms with Gasteiger partial charge in [-0.15, -0.1) is 21.5 Å². The molecule has 0 spiro atoms. The minimum Gasteiger partial charge on any atom is -0.312 e. The third kappa shape index (κ3) is 2.08. The number of fused-ring (bicyclic) bond motifs is 1. The van der Waals surface area contributed by atoms with Gasteiger partial charge in [-0.05, 0) is 17.4 Å². The molecule has 0 saturated heterocycles. The number of hydrogen-bond donors (Lipinski definition) is 1. The largest absolute Gasteiger partial charge is 0.312 e. The van der Waals surface area contributed by atoms with Crippen molar-refractivity contribution >= 4 is 11.3 Å². The molecule has 1 aliphatic heterocycles. The van der Waals surface area contributed by atoms with Crippen molar-refractivity contribution in [1.82, 2.24) is 20.1 Å². The smallest absolute Gasteiger partial charge is 0.150 e. The maximum Gasteiger partial charge on any atom is 0.150 e. The van der Waals surface area contributed by atoms with Crippen LogP contribution in [-0.4, -0.2) is 21.3 Å². The molecule has 1 unspecified atom stereocenters. The summed E-state index contributed by atoms with van der Waals surface area (Å²) >= 11 is 1.78. The minimum atomic E-state index is 0.336. The summed E-state index contributed by atoms with van der Waals surface area (Å²) in [6, 6.07) is 4.59. The predicted molar refractivity (Wildman–Crippen MR) is 72.7 cm³/mol. The molecule has 0 radical (unpaired) electrons. The van der Waals surface area contributed by atoms with Crippen LogP contribution in [0.2, 0.25) is 0 Å². The van der Waals surface area contributed by atoms with E-state index in [1.54, 1.807) is 11.3 Å². The Morgan fingerprint density at radius 3 is 3.11 bits per heavy atom. The average molecular weight is 262 g/mol. The van der Waals surface area contributed by atoms with E-state index >= 15 is 0 Å². The Morgan fingerprint density at radius 2 is 2.39 bits per heavy atom. The highest BCUT2D eigenvalue weighted by atomic mass is 32.1. The summed E-state index contributed by atoms with van der Waals surface area (Å²) in [7, 11) is 0. The Balaban J connectivity index is 1.90. The molecule has 1 aliphatic rings. The van der Waals surface area contributed by atoms with E-state index in [4.69, 9.17) is 0 Å². The molecule has 0 aliphatic carbocycles. The van der Waals surface area contributed by atoms with E-state index in [-0.39, 0.29) is 0 Å². The quantitative estimate of drug-likeness (QED) is 0.922. The summed E-state index contributed by atoms with van der Waals surface area (Å²) in [5, 5.41) is 14.4. The van der Waals surface area contributed by atoms with Crippen molar-refractivity contribution in [3.8, 4) is 0 Å². The molecule has 3 rings (SSSR count). The van der Waals surface area contributed by atoms with Gasteiger partial charge in [0, 0.05) is 24.4 Å². The zero-order valence-corrected chi connectivity index (χ0v) is 11.6. The molecular weight excluding hydrogens is 244 g/mol. The van der Waals surface area contributed by atoms with Crippen molar-refractivity contribution < 1.29 is 0 Å². The Kier molecular flexibility index (Phi) is 3.18. The van der Waals surface area contributed by atoms with Crippen molar-refractivity contribution in [2.45, 2.75) is 32.9 Å². The topological polar surface area (TPSA) is 42.7 Å². The molecule has 0 fully saturated rings. The van der Waals surface area contributed by atoms with Gasteiger partial charge in [0.05, 0.1) is 6.04 Å². The van der Waals surface area contributed by atoms with Gasteiger partial charge in [-0.25, -0.2) is 0 Å². The first kappa shape index (κ1) is 11.9. The lowest BCUT2D eigenvalue weighted by molar-refractivity contribution is 0.335. The molecule has 2 aromatic heterocycles. The predicted octanol–water partition coefficient (Wildman–Crippen LogP) is 2.23. The molecular formula is C13H18N4S. The molecule has 2 aromatic rings. The van der Waals surface area contributed by atoms with Gasteiger partial charge < -0.3 is 9.88 Å². The lowest BCUT2D eigenvalue weighted by Crippen LogP contribution is -2.37. The molecule has 4 nitrogen and oxygen atoms in total. The summed E-state index contributed by atoms with van der Waals surface area (Å²) in [6.07, 6.45) is 0.898.